The van der Waals surface area contributed by atoms with Crippen molar-refractivity contribution in [1.82, 2.24) is 4.31 Å². The third-order valence-corrected chi connectivity index (χ3v) is 5.50. The zero-order valence-corrected chi connectivity index (χ0v) is 13.3. The van der Waals surface area contributed by atoms with Gasteiger partial charge in [0.1, 0.15) is 5.82 Å². The van der Waals surface area contributed by atoms with Gasteiger partial charge in [-0.05, 0) is 30.5 Å². The molecule has 114 valence electrons. The van der Waals surface area contributed by atoms with Crippen LogP contribution in [0.3, 0.4) is 0 Å². The summed E-state index contributed by atoms with van der Waals surface area (Å²) in [7, 11) is -2.17. The first kappa shape index (κ1) is 17.1. The summed E-state index contributed by atoms with van der Waals surface area (Å²) < 4.78 is 40.2. The van der Waals surface area contributed by atoms with Crippen molar-refractivity contribution in [3.63, 3.8) is 0 Å². The molecule has 0 radical (unpaired) electrons. The number of halogens is 1. The van der Waals surface area contributed by atoms with Crippen molar-refractivity contribution < 1.29 is 12.8 Å². The first-order valence-electron chi connectivity index (χ1n) is 6.69. The molecule has 0 aliphatic carbocycles. The minimum Gasteiger partial charge on any atom is -0.326 e. The van der Waals surface area contributed by atoms with Gasteiger partial charge in [0.2, 0.25) is 10.0 Å². The van der Waals surface area contributed by atoms with Gasteiger partial charge in [0.15, 0.2) is 0 Å². The molecule has 1 rings (SSSR count). The monoisotopic (exact) mass is 302 g/mol. The molecular formula is C14H23FN2O2S. The zero-order chi connectivity index (χ0) is 15.5. The lowest BCUT2D eigenvalue weighted by molar-refractivity contribution is 0.393. The highest BCUT2D eigenvalue weighted by atomic mass is 32.2. The quantitative estimate of drug-likeness (QED) is 0.876. The van der Waals surface area contributed by atoms with Gasteiger partial charge in [-0.25, -0.2) is 17.1 Å². The van der Waals surface area contributed by atoms with Crippen molar-refractivity contribution in [3.05, 3.63) is 29.1 Å². The van der Waals surface area contributed by atoms with Crippen LogP contribution in [0.2, 0.25) is 0 Å². The van der Waals surface area contributed by atoms with Crippen molar-refractivity contribution in [2.75, 3.05) is 13.6 Å². The van der Waals surface area contributed by atoms with E-state index in [1.165, 1.54) is 30.4 Å². The average Bonchev–Trinajstić information content (AvgIpc) is 2.40. The van der Waals surface area contributed by atoms with Crippen LogP contribution in [0.15, 0.2) is 17.0 Å². The molecule has 1 unspecified atom stereocenters. The maximum absolute atomic E-state index is 13.8. The normalized spacial score (nSPS) is 13.8. The fourth-order valence-corrected chi connectivity index (χ4v) is 3.50. The van der Waals surface area contributed by atoms with Gasteiger partial charge in [0.25, 0.3) is 0 Å². The van der Waals surface area contributed by atoms with E-state index >= 15 is 0 Å². The molecular weight excluding hydrogens is 279 g/mol. The van der Waals surface area contributed by atoms with Crippen LogP contribution < -0.4 is 5.73 Å². The minimum absolute atomic E-state index is 0.00348. The van der Waals surface area contributed by atoms with Gasteiger partial charge >= 0.3 is 0 Å². The van der Waals surface area contributed by atoms with E-state index in [4.69, 9.17) is 5.73 Å². The molecule has 0 heterocycles. The van der Waals surface area contributed by atoms with Gasteiger partial charge in [-0.2, -0.15) is 0 Å². The standard InChI is InChI=1S/C14H23FN2O2S/c1-5-10(2)9-17(4)20(18,19)14-7-12(8-16)6-13(15)11(14)3/h6-7,10H,5,8-9,16H2,1-4H3. The van der Waals surface area contributed by atoms with Gasteiger partial charge in [-0.15, -0.1) is 0 Å². The number of benzene rings is 1. The topological polar surface area (TPSA) is 63.4 Å². The Morgan fingerprint density at radius 1 is 1.40 bits per heavy atom. The summed E-state index contributed by atoms with van der Waals surface area (Å²) in [5, 5.41) is 0. The molecule has 1 atom stereocenters. The Labute approximate surface area is 120 Å². The number of hydrogen-bond acceptors (Lipinski definition) is 3. The van der Waals surface area contributed by atoms with Gasteiger partial charge in [-0.1, -0.05) is 20.3 Å². The van der Waals surface area contributed by atoms with Gasteiger partial charge < -0.3 is 5.73 Å². The lowest BCUT2D eigenvalue weighted by atomic mass is 10.1. The van der Waals surface area contributed by atoms with E-state index in [2.05, 4.69) is 0 Å². The Morgan fingerprint density at radius 2 is 2.00 bits per heavy atom. The molecule has 1 aromatic carbocycles. The van der Waals surface area contributed by atoms with Crippen LogP contribution in [0.25, 0.3) is 0 Å². The Hall–Kier alpha value is -0.980. The first-order valence-corrected chi connectivity index (χ1v) is 8.13. The molecule has 4 nitrogen and oxygen atoms in total. The molecule has 1 aromatic rings. The fourth-order valence-electron chi connectivity index (χ4n) is 1.93. The molecule has 2 N–H and O–H groups in total. The van der Waals surface area contributed by atoms with Crippen LogP contribution in [0.1, 0.15) is 31.4 Å². The van der Waals surface area contributed by atoms with Crippen molar-refractivity contribution in [2.45, 2.75) is 38.6 Å². The second-order valence-corrected chi connectivity index (χ2v) is 7.22. The summed E-state index contributed by atoms with van der Waals surface area (Å²) in [4.78, 5) is 0.00348. The van der Waals surface area contributed by atoms with Gasteiger partial charge in [0.05, 0.1) is 4.90 Å². The molecule has 0 saturated carbocycles. The lowest BCUT2D eigenvalue weighted by Crippen LogP contribution is -2.31. The summed E-state index contributed by atoms with van der Waals surface area (Å²) in [6.07, 6.45) is 0.885. The molecule has 0 aliphatic rings. The number of sulfonamides is 1. The van der Waals surface area contributed by atoms with Crippen molar-refractivity contribution in [2.24, 2.45) is 11.7 Å². The highest BCUT2D eigenvalue weighted by Gasteiger charge is 2.25. The van der Waals surface area contributed by atoms with Crippen molar-refractivity contribution >= 4 is 10.0 Å². The van der Waals surface area contributed by atoms with Gasteiger partial charge in [0, 0.05) is 25.7 Å². The highest BCUT2D eigenvalue weighted by Crippen LogP contribution is 2.24. The largest absolute Gasteiger partial charge is 0.326 e. The van der Waals surface area contributed by atoms with Crippen LogP contribution in [-0.4, -0.2) is 26.3 Å². The van der Waals surface area contributed by atoms with Crippen LogP contribution in [0.4, 0.5) is 4.39 Å². The SMILES string of the molecule is CCC(C)CN(C)S(=O)(=O)c1cc(CN)cc(F)c1C. The molecule has 0 bridgehead atoms. The summed E-state index contributed by atoms with van der Waals surface area (Å²) in [6, 6.07) is 2.74. The predicted molar refractivity (Wildman–Crippen MR) is 78.3 cm³/mol. The summed E-state index contributed by atoms with van der Waals surface area (Å²) >= 11 is 0. The smallest absolute Gasteiger partial charge is 0.243 e. The third kappa shape index (κ3) is 3.56. The van der Waals surface area contributed by atoms with Crippen LogP contribution in [0.5, 0.6) is 0 Å². The molecule has 0 aliphatic heterocycles. The molecule has 0 saturated heterocycles. The molecule has 0 aromatic heterocycles. The summed E-state index contributed by atoms with van der Waals surface area (Å²) in [5.74, 6) is -0.291. The maximum atomic E-state index is 13.8. The summed E-state index contributed by atoms with van der Waals surface area (Å²) in [5.41, 5.74) is 6.10. The molecule has 0 spiro atoms. The number of rotatable bonds is 6. The molecule has 0 amide bonds. The van der Waals surface area contributed by atoms with Crippen molar-refractivity contribution in [3.8, 4) is 0 Å². The zero-order valence-electron chi connectivity index (χ0n) is 12.5. The maximum Gasteiger partial charge on any atom is 0.243 e. The highest BCUT2D eigenvalue weighted by molar-refractivity contribution is 7.89. The van der Waals surface area contributed by atoms with Crippen LogP contribution in [0, 0.1) is 18.7 Å². The van der Waals surface area contributed by atoms with E-state index < -0.39 is 15.8 Å². The van der Waals surface area contributed by atoms with E-state index in [9.17, 15) is 12.8 Å². The molecule has 20 heavy (non-hydrogen) atoms. The molecule has 6 heteroatoms. The van der Waals surface area contributed by atoms with Crippen LogP contribution >= 0.6 is 0 Å². The van der Waals surface area contributed by atoms with Gasteiger partial charge in [-0.3, -0.25) is 0 Å². The van der Waals surface area contributed by atoms with E-state index in [1.54, 1.807) is 0 Å². The average molecular weight is 302 g/mol. The Balaban J connectivity index is 3.24. The second kappa shape index (κ2) is 6.65. The van der Waals surface area contributed by atoms with E-state index in [1.807, 2.05) is 13.8 Å². The van der Waals surface area contributed by atoms with E-state index in [0.29, 0.717) is 12.1 Å². The summed E-state index contributed by atoms with van der Waals surface area (Å²) in [6.45, 7) is 5.97. The lowest BCUT2D eigenvalue weighted by Gasteiger charge is -2.22. The van der Waals surface area contributed by atoms with E-state index in [-0.39, 0.29) is 22.9 Å². The third-order valence-electron chi connectivity index (χ3n) is 3.55. The minimum atomic E-state index is -3.69. The number of nitrogens with zero attached hydrogens (tertiary/aromatic N) is 1. The number of nitrogens with two attached hydrogens (primary N) is 1. The fraction of sp³-hybridized carbons (Fsp3) is 0.571. The second-order valence-electron chi connectivity index (χ2n) is 5.20. The Bertz CT molecular complexity index is 573. The Kier molecular flexibility index (Phi) is 5.68. The Morgan fingerprint density at radius 3 is 2.50 bits per heavy atom. The molecule has 0 fully saturated rings. The number of hydrogen-bond donors (Lipinski definition) is 1. The van der Waals surface area contributed by atoms with Crippen LogP contribution in [-0.2, 0) is 16.6 Å². The van der Waals surface area contributed by atoms with Crippen molar-refractivity contribution in [1.29, 1.82) is 0 Å². The first-order chi connectivity index (χ1) is 9.23. The predicted octanol–water partition coefficient (Wildman–Crippen LogP) is 2.26. The van der Waals surface area contributed by atoms with E-state index in [0.717, 1.165) is 6.42 Å².